The topological polar surface area (TPSA) is 57.2 Å². The van der Waals surface area contributed by atoms with Crippen molar-refractivity contribution in [2.45, 2.75) is 120 Å². The van der Waals surface area contributed by atoms with E-state index in [4.69, 9.17) is 17.7 Å². The van der Waals surface area contributed by atoms with Crippen LogP contribution in [0.15, 0.2) is 23.1 Å². The molecule has 1 aromatic carbocycles. The molecule has 1 aromatic rings. The maximum absolute atomic E-state index is 11.4. The summed E-state index contributed by atoms with van der Waals surface area (Å²) in [4.78, 5) is 1.16. The van der Waals surface area contributed by atoms with E-state index in [0.29, 0.717) is 6.61 Å². The SMILES string of the molecule is Cc1cccc(C)c1S[C@@H]1O[C@@H]2CO[Si](C(C)C)(C(C)C)O[Si](C(C)C)(C(C)C)O[C@H]2[C@H]1O. The average molecular weight is 513 g/mol. The van der Waals surface area contributed by atoms with Gasteiger partial charge < -0.3 is 22.8 Å². The summed E-state index contributed by atoms with van der Waals surface area (Å²) in [5.41, 5.74) is 3.01. The molecule has 0 aliphatic carbocycles. The Hall–Kier alpha value is -0.196. The minimum atomic E-state index is -2.76. The monoisotopic (exact) mass is 512 g/mol. The van der Waals surface area contributed by atoms with Crippen LogP contribution in [0.5, 0.6) is 0 Å². The van der Waals surface area contributed by atoms with Crippen LogP contribution in [0.3, 0.4) is 0 Å². The predicted octanol–water partition coefficient (Wildman–Crippen LogP) is 6.44. The highest BCUT2D eigenvalue weighted by molar-refractivity contribution is 8.00. The first-order valence-electron chi connectivity index (χ1n) is 12.4. The largest absolute Gasteiger partial charge is 0.414 e. The molecule has 5 nitrogen and oxygen atoms in total. The van der Waals surface area contributed by atoms with Crippen LogP contribution >= 0.6 is 11.8 Å². The molecule has 2 aliphatic rings. The number of ether oxygens (including phenoxy) is 1. The molecule has 188 valence electrons. The Kier molecular flexibility index (Phi) is 8.65. The van der Waals surface area contributed by atoms with Crippen LogP contribution in [0.25, 0.3) is 0 Å². The van der Waals surface area contributed by atoms with Crippen molar-refractivity contribution in [3.8, 4) is 0 Å². The van der Waals surface area contributed by atoms with Crippen molar-refractivity contribution >= 4 is 28.9 Å². The van der Waals surface area contributed by atoms with Gasteiger partial charge in [0.25, 0.3) is 0 Å². The number of aliphatic hydroxyl groups excluding tert-OH is 1. The van der Waals surface area contributed by atoms with E-state index in [-0.39, 0.29) is 28.3 Å². The second kappa shape index (κ2) is 10.4. The molecule has 33 heavy (non-hydrogen) atoms. The van der Waals surface area contributed by atoms with Gasteiger partial charge in [-0.3, -0.25) is 0 Å². The van der Waals surface area contributed by atoms with E-state index in [1.165, 1.54) is 11.1 Å². The highest BCUT2D eigenvalue weighted by atomic mass is 32.2. The van der Waals surface area contributed by atoms with Crippen molar-refractivity contribution in [1.82, 2.24) is 0 Å². The van der Waals surface area contributed by atoms with Crippen LogP contribution in [-0.4, -0.2) is 52.6 Å². The molecule has 0 saturated carbocycles. The number of hydrogen-bond acceptors (Lipinski definition) is 6. The first-order valence-corrected chi connectivity index (χ1v) is 17.3. The van der Waals surface area contributed by atoms with Gasteiger partial charge in [-0.15, -0.1) is 0 Å². The predicted molar refractivity (Wildman–Crippen MR) is 140 cm³/mol. The zero-order valence-corrected chi connectivity index (χ0v) is 24.9. The Morgan fingerprint density at radius 2 is 1.39 bits per heavy atom. The second-order valence-corrected chi connectivity index (χ2v) is 20.9. The molecular formula is C25H44O5SSi2. The maximum Gasteiger partial charge on any atom is 0.335 e. The van der Waals surface area contributed by atoms with Gasteiger partial charge in [0.15, 0.2) is 0 Å². The van der Waals surface area contributed by atoms with Crippen LogP contribution in [0, 0.1) is 13.8 Å². The zero-order chi connectivity index (χ0) is 24.7. The number of thioether (sulfide) groups is 1. The standard InChI is InChI=1S/C25H44O5SSi2/c1-15(2)32(16(3)4)27-14-21-23(29-33(30-32,17(5)6)18(7)8)22(26)25(28-21)31-24-19(9)12-11-13-20(24)10/h11-13,15-18,21-23,25-26H,14H2,1-10H3/t21-,22-,23-,25+/m1/s1. The van der Waals surface area contributed by atoms with Crippen LogP contribution in [-0.2, 0) is 17.7 Å². The van der Waals surface area contributed by atoms with Crippen LogP contribution in [0.2, 0.25) is 22.2 Å². The molecule has 2 heterocycles. The van der Waals surface area contributed by atoms with Crippen LogP contribution in [0.4, 0.5) is 0 Å². The summed E-state index contributed by atoms with van der Waals surface area (Å²) in [6, 6.07) is 6.28. The molecule has 0 amide bonds. The van der Waals surface area contributed by atoms with Gasteiger partial charge in [0, 0.05) is 4.90 Å². The molecule has 4 atom stereocenters. The molecule has 2 aliphatic heterocycles. The summed E-state index contributed by atoms with van der Waals surface area (Å²) in [6.45, 7) is 22.3. The molecule has 1 N–H and O–H groups in total. The molecule has 0 bridgehead atoms. The van der Waals surface area contributed by atoms with E-state index in [0.717, 1.165) is 4.90 Å². The van der Waals surface area contributed by atoms with Gasteiger partial charge in [0.05, 0.1) is 6.61 Å². The smallest absolute Gasteiger partial charge is 0.335 e. The first kappa shape index (κ1) is 27.4. The quantitative estimate of drug-likeness (QED) is 0.443. The molecular weight excluding hydrogens is 469 g/mol. The summed E-state index contributed by atoms with van der Waals surface area (Å²) in [5, 5.41) is 11.4. The third-order valence-corrected chi connectivity index (χ3v) is 19.0. The van der Waals surface area contributed by atoms with Gasteiger partial charge in [-0.05, 0) is 47.1 Å². The van der Waals surface area contributed by atoms with Crippen molar-refractivity contribution in [2.75, 3.05) is 6.61 Å². The Labute approximate surface area is 207 Å². The molecule has 0 unspecified atom stereocenters. The van der Waals surface area contributed by atoms with E-state index in [2.05, 4.69) is 87.4 Å². The molecule has 2 saturated heterocycles. The van der Waals surface area contributed by atoms with Gasteiger partial charge in [-0.1, -0.05) is 85.4 Å². The van der Waals surface area contributed by atoms with Gasteiger partial charge in [0.1, 0.15) is 23.7 Å². The van der Waals surface area contributed by atoms with E-state index in [1.54, 1.807) is 11.8 Å². The fourth-order valence-corrected chi connectivity index (χ4v) is 17.8. The lowest BCUT2D eigenvalue weighted by Crippen LogP contribution is -2.65. The lowest BCUT2D eigenvalue weighted by molar-refractivity contribution is -0.0315. The van der Waals surface area contributed by atoms with Gasteiger partial charge in [-0.25, -0.2) is 0 Å². The number of fused-ring (bicyclic) bond motifs is 1. The van der Waals surface area contributed by atoms with Crippen LogP contribution in [0.1, 0.15) is 66.5 Å². The Balaban J connectivity index is 1.99. The number of aryl methyl sites for hydroxylation is 2. The molecule has 2 fully saturated rings. The van der Waals surface area contributed by atoms with Gasteiger partial charge in [-0.2, -0.15) is 0 Å². The zero-order valence-electron chi connectivity index (χ0n) is 22.0. The number of aliphatic hydroxyl groups is 1. The van der Waals surface area contributed by atoms with E-state index >= 15 is 0 Å². The fraction of sp³-hybridized carbons (Fsp3) is 0.760. The minimum absolute atomic E-state index is 0.224. The van der Waals surface area contributed by atoms with E-state index < -0.39 is 34.8 Å². The summed E-state index contributed by atoms with van der Waals surface area (Å²) >= 11 is 1.60. The molecule has 8 heteroatoms. The third kappa shape index (κ3) is 5.05. The van der Waals surface area contributed by atoms with Crippen LogP contribution < -0.4 is 0 Å². The highest BCUT2D eigenvalue weighted by Crippen LogP contribution is 2.48. The number of benzene rings is 1. The number of rotatable bonds is 6. The Bertz CT molecular complexity index is 780. The van der Waals surface area contributed by atoms with Crippen molar-refractivity contribution in [2.24, 2.45) is 0 Å². The summed E-state index contributed by atoms with van der Waals surface area (Å²) in [7, 11) is -5.37. The third-order valence-electron chi connectivity index (χ3n) is 7.27. The number of hydrogen-bond donors (Lipinski definition) is 1. The summed E-state index contributed by atoms with van der Waals surface area (Å²) in [5.74, 6) is 0. The van der Waals surface area contributed by atoms with Crippen molar-refractivity contribution in [3.05, 3.63) is 29.3 Å². The lowest BCUT2D eigenvalue weighted by Gasteiger charge is -2.51. The molecule has 0 radical (unpaired) electrons. The second-order valence-electron chi connectivity index (χ2n) is 10.9. The van der Waals surface area contributed by atoms with E-state index in [9.17, 15) is 5.11 Å². The Morgan fingerprint density at radius 1 is 0.879 bits per heavy atom. The van der Waals surface area contributed by atoms with Crippen molar-refractivity contribution < 1.29 is 22.8 Å². The van der Waals surface area contributed by atoms with Gasteiger partial charge in [0.2, 0.25) is 0 Å². The normalized spacial score (nSPS) is 29.5. The van der Waals surface area contributed by atoms with Gasteiger partial charge >= 0.3 is 17.1 Å². The summed E-state index contributed by atoms with van der Waals surface area (Å²) < 4.78 is 27.5. The molecule has 3 rings (SSSR count). The van der Waals surface area contributed by atoms with Crippen molar-refractivity contribution in [1.29, 1.82) is 0 Å². The minimum Gasteiger partial charge on any atom is -0.414 e. The Morgan fingerprint density at radius 3 is 1.88 bits per heavy atom. The highest BCUT2D eigenvalue weighted by Gasteiger charge is 2.61. The first-order chi connectivity index (χ1) is 15.4. The maximum atomic E-state index is 11.4. The van der Waals surface area contributed by atoms with E-state index in [1.807, 2.05) is 0 Å². The molecule has 0 spiro atoms. The average Bonchev–Trinajstić information content (AvgIpc) is 2.98. The fourth-order valence-electron chi connectivity index (χ4n) is 5.32. The van der Waals surface area contributed by atoms with Crippen molar-refractivity contribution in [3.63, 3.8) is 0 Å². The summed E-state index contributed by atoms with van der Waals surface area (Å²) in [6.07, 6.45) is -1.50. The molecule has 0 aromatic heterocycles. The lowest BCUT2D eigenvalue weighted by atomic mass is 10.1.